The lowest BCUT2D eigenvalue weighted by Crippen LogP contribution is -2.51. The maximum atomic E-state index is 5.20. The van der Waals surface area contributed by atoms with E-state index in [2.05, 4.69) is 25.9 Å². The molecule has 112 valence electrons. The third-order valence-corrected chi connectivity index (χ3v) is 3.79. The smallest absolute Gasteiger partial charge is 0.200 e. The van der Waals surface area contributed by atoms with Crippen LogP contribution in [0.3, 0.4) is 0 Å². The number of anilines is 1. The molecule has 0 atom stereocenters. The van der Waals surface area contributed by atoms with Crippen molar-refractivity contribution in [2.75, 3.05) is 25.5 Å². The molecule has 0 aliphatic carbocycles. The van der Waals surface area contributed by atoms with Gasteiger partial charge in [-0.15, -0.1) is 10.2 Å². The fraction of sp³-hybridized carbons (Fsp3) is 0.267. The number of methoxy groups -OCH3 is 1. The van der Waals surface area contributed by atoms with Gasteiger partial charge in [-0.25, -0.2) is 0 Å². The Morgan fingerprint density at radius 2 is 2.09 bits per heavy atom. The number of hydrogen-bond donors (Lipinski definition) is 2. The van der Waals surface area contributed by atoms with Gasteiger partial charge in [0, 0.05) is 18.7 Å². The van der Waals surface area contributed by atoms with Gasteiger partial charge in [-0.1, -0.05) is 0 Å². The van der Waals surface area contributed by atoms with Crippen LogP contribution in [0.5, 0.6) is 5.75 Å². The molecule has 0 amide bonds. The maximum absolute atomic E-state index is 5.20. The van der Waals surface area contributed by atoms with E-state index >= 15 is 0 Å². The molecular formula is C15H16N6O. The van der Waals surface area contributed by atoms with Crippen LogP contribution in [0.15, 0.2) is 36.7 Å². The van der Waals surface area contributed by atoms with Crippen LogP contribution in [-0.4, -0.2) is 46.1 Å². The van der Waals surface area contributed by atoms with Gasteiger partial charge in [-0.2, -0.15) is 9.61 Å². The van der Waals surface area contributed by atoms with Gasteiger partial charge in [0.05, 0.1) is 24.5 Å². The molecular weight excluding hydrogens is 280 g/mol. The predicted molar refractivity (Wildman–Crippen MR) is 83.1 cm³/mol. The highest BCUT2D eigenvalue weighted by atomic mass is 16.5. The average molecular weight is 296 g/mol. The van der Waals surface area contributed by atoms with Gasteiger partial charge >= 0.3 is 0 Å². The number of fused-ring (bicyclic) bond motifs is 1. The SMILES string of the molecule is COc1ccc(-c2cc(NC3CNC3)c3nncn3n2)cc1. The van der Waals surface area contributed by atoms with Crippen LogP contribution in [-0.2, 0) is 0 Å². The fourth-order valence-electron chi connectivity index (χ4n) is 2.45. The Morgan fingerprint density at radius 1 is 1.27 bits per heavy atom. The molecule has 3 aromatic rings. The van der Waals surface area contributed by atoms with E-state index in [-0.39, 0.29) is 0 Å². The fourth-order valence-corrected chi connectivity index (χ4v) is 2.45. The largest absolute Gasteiger partial charge is 0.497 e. The number of benzene rings is 1. The maximum Gasteiger partial charge on any atom is 0.200 e. The topological polar surface area (TPSA) is 76.4 Å². The summed E-state index contributed by atoms with van der Waals surface area (Å²) in [5, 5.41) is 19.4. The number of nitrogens with one attached hydrogen (secondary N) is 2. The summed E-state index contributed by atoms with van der Waals surface area (Å²) < 4.78 is 6.90. The molecule has 0 unspecified atom stereocenters. The zero-order valence-corrected chi connectivity index (χ0v) is 12.2. The Balaban J connectivity index is 1.75. The first-order chi connectivity index (χ1) is 10.8. The quantitative estimate of drug-likeness (QED) is 0.753. The van der Waals surface area contributed by atoms with Crippen molar-refractivity contribution in [3.05, 3.63) is 36.7 Å². The van der Waals surface area contributed by atoms with Gasteiger partial charge in [-0.3, -0.25) is 0 Å². The zero-order chi connectivity index (χ0) is 14.9. The van der Waals surface area contributed by atoms with Crippen LogP contribution < -0.4 is 15.4 Å². The first-order valence-corrected chi connectivity index (χ1v) is 7.16. The minimum Gasteiger partial charge on any atom is -0.497 e. The van der Waals surface area contributed by atoms with E-state index in [0.717, 1.165) is 41.4 Å². The second-order valence-corrected chi connectivity index (χ2v) is 5.27. The summed E-state index contributed by atoms with van der Waals surface area (Å²) in [6.07, 6.45) is 1.62. The Kier molecular flexibility index (Phi) is 3.12. The normalized spacial score (nSPS) is 14.8. The summed E-state index contributed by atoms with van der Waals surface area (Å²) in [5.41, 5.74) is 3.57. The van der Waals surface area contributed by atoms with Crippen molar-refractivity contribution in [3.63, 3.8) is 0 Å². The summed E-state index contributed by atoms with van der Waals surface area (Å²) in [5.74, 6) is 0.827. The minimum absolute atomic E-state index is 0.423. The third-order valence-electron chi connectivity index (χ3n) is 3.79. The Hall–Kier alpha value is -2.67. The van der Waals surface area contributed by atoms with Gasteiger partial charge in [0.25, 0.3) is 0 Å². The zero-order valence-electron chi connectivity index (χ0n) is 12.2. The molecule has 1 aliphatic heterocycles. The monoisotopic (exact) mass is 296 g/mol. The molecule has 3 heterocycles. The number of aromatic nitrogens is 4. The Labute approximate surface area is 127 Å². The summed E-state index contributed by atoms with van der Waals surface area (Å²) in [6.45, 7) is 1.92. The minimum atomic E-state index is 0.423. The molecule has 2 N–H and O–H groups in total. The van der Waals surface area contributed by atoms with Gasteiger partial charge in [-0.05, 0) is 30.3 Å². The summed E-state index contributed by atoms with van der Waals surface area (Å²) in [4.78, 5) is 0. The second kappa shape index (κ2) is 5.27. The molecule has 0 saturated carbocycles. The molecule has 0 bridgehead atoms. The van der Waals surface area contributed by atoms with E-state index < -0.39 is 0 Å². The van der Waals surface area contributed by atoms with Gasteiger partial charge in [0.2, 0.25) is 5.65 Å². The van der Waals surface area contributed by atoms with Crippen molar-refractivity contribution in [1.82, 2.24) is 25.1 Å². The molecule has 0 radical (unpaired) electrons. The Bertz CT molecular complexity index is 793. The molecule has 1 aromatic carbocycles. The lowest BCUT2D eigenvalue weighted by molar-refractivity contribution is 0.415. The van der Waals surface area contributed by atoms with E-state index in [4.69, 9.17) is 4.74 Å². The van der Waals surface area contributed by atoms with Crippen LogP contribution >= 0.6 is 0 Å². The first kappa shape index (κ1) is 13.0. The summed E-state index contributed by atoms with van der Waals surface area (Å²) in [7, 11) is 1.66. The van der Waals surface area contributed by atoms with Crippen LogP contribution in [0.4, 0.5) is 5.69 Å². The molecule has 0 spiro atoms. The van der Waals surface area contributed by atoms with Crippen LogP contribution in [0.1, 0.15) is 0 Å². The van der Waals surface area contributed by atoms with Crippen molar-refractivity contribution >= 4 is 11.3 Å². The van der Waals surface area contributed by atoms with Gasteiger partial charge < -0.3 is 15.4 Å². The van der Waals surface area contributed by atoms with E-state index in [1.165, 1.54) is 0 Å². The van der Waals surface area contributed by atoms with E-state index in [1.54, 1.807) is 18.0 Å². The number of ether oxygens (including phenoxy) is 1. The van der Waals surface area contributed by atoms with Crippen molar-refractivity contribution in [2.24, 2.45) is 0 Å². The van der Waals surface area contributed by atoms with E-state index in [9.17, 15) is 0 Å². The molecule has 1 fully saturated rings. The first-order valence-electron chi connectivity index (χ1n) is 7.16. The van der Waals surface area contributed by atoms with Crippen LogP contribution in [0.2, 0.25) is 0 Å². The predicted octanol–water partition coefficient (Wildman–Crippen LogP) is 1.18. The molecule has 7 nitrogen and oxygen atoms in total. The van der Waals surface area contributed by atoms with Crippen LogP contribution in [0.25, 0.3) is 16.9 Å². The Morgan fingerprint density at radius 3 is 2.77 bits per heavy atom. The van der Waals surface area contributed by atoms with Crippen molar-refractivity contribution in [2.45, 2.75) is 6.04 Å². The van der Waals surface area contributed by atoms with Crippen molar-refractivity contribution in [3.8, 4) is 17.0 Å². The lowest BCUT2D eigenvalue weighted by atomic mass is 10.1. The van der Waals surface area contributed by atoms with E-state index in [1.807, 2.05) is 30.3 Å². The average Bonchev–Trinajstić information content (AvgIpc) is 2.99. The summed E-state index contributed by atoms with van der Waals surface area (Å²) >= 11 is 0. The standard InChI is InChI=1S/C15H16N6O/c1-22-12-4-2-10(3-5-12)13-6-14(18-11-7-16-8-11)15-19-17-9-21(15)20-13/h2-6,9,11,16,18H,7-8H2,1H3. The van der Waals surface area contributed by atoms with Crippen molar-refractivity contribution in [1.29, 1.82) is 0 Å². The number of hydrogen-bond acceptors (Lipinski definition) is 6. The van der Waals surface area contributed by atoms with Gasteiger partial charge in [0.1, 0.15) is 12.1 Å². The lowest BCUT2D eigenvalue weighted by Gasteiger charge is -2.29. The number of nitrogens with zero attached hydrogens (tertiary/aromatic N) is 4. The molecule has 4 rings (SSSR count). The third kappa shape index (κ3) is 2.25. The summed E-state index contributed by atoms with van der Waals surface area (Å²) in [6, 6.07) is 10.3. The van der Waals surface area contributed by atoms with Gasteiger partial charge in [0.15, 0.2) is 0 Å². The molecule has 1 saturated heterocycles. The van der Waals surface area contributed by atoms with Crippen molar-refractivity contribution < 1.29 is 4.74 Å². The molecule has 2 aromatic heterocycles. The molecule has 7 heteroatoms. The molecule has 22 heavy (non-hydrogen) atoms. The highest BCUT2D eigenvalue weighted by Gasteiger charge is 2.19. The number of rotatable bonds is 4. The van der Waals surface area contributed by atoms with E-state index in [0.29, 0.717) is 6.04 Å². The highest BCUT2D eigenvalue weighted by Crippen LogP contribution is 2.25. The molecule has 1 aliphatic rings. The van der Waals surface area contributed by atoms with Crippen LogP contribution in [0, 0.1) is 0 Å². The highest BCUT2D eigenvalue weighted by molar-refractivity contribution is 5.73. The second-order valence-electron chi connectivity index (χ2n) is 5.27.